The summed E-state index contributed by atoms with van der Waals surface area (Å²) in [6.45, 7) is 1.91. The third-order valence-corrected chi connectivity index (χ3v) is 3.94. The first-order valence-electron chi connectivity index (χ1n) is 7.23. The molecule has 0 saturated carbocycles. The van der Waals surface area contributed by atoms with Gasteiger partial charge in [-0.1, -0.05) is 0 Å². The quantitative estimate of drug-likeness (QED) is 0.935. The zero-order valence-corrected chi connectivity index (χ0v) is 12.2. The first-order chi connectivity index (χ1) is 10.3. The molecule has 0 spiro atoms. The van der Waals surface area contributed by atoms with Gasteiger partial charge in [0.1, 0.15) is 12.1 Å². The lowest BCUT2D eigenvalue weighted by Gasteiger charge is -2.32. The molecule has 5 heteroatoms. The lowest BCUT2D eigenvalue weighted by molar-refractivity contribution is 0.415. The molecule has 2 aromatic rings. The van der Waals surface area contributed by atoms with Gasteiger partial charge in [0.05, 0.1) is 24.7 Å². The van der Waals surface area contributed by atoms with Crippen LogP contribution in [0.4, 0.5) is 5.69 Å². The van der Waals surface area contributed by atoms with E-state index >= 15 is 0 Å². The first-order valence-corrected chi connectivity index (χ1v) is 7.23. The Bertz CT molecular complexity index is 591. The van der Waals surface area contributed by atoms with Crippen molar-refractivity contribution in [3.63, 3.8) is 0 Å². The summed E-state index contributed by atoms with van der Waals surface area (Å²) in [5.74, 6) is 0.846. The van der Waals surface area contributed by atoms with Crippen LogP contribution >= 0.6 is 0 Å². The van der Waals surface area contributed by atoms with Crippen LogP contribution in [-0.4, -0.2) is 36.2 Å². The van der Waals surface area contributed by atoms with Gasteiger partial charge < -0.3 is 15.4 Å². The smallest absolute Gasteiger partial charge is 0.118 e. The molecule has 1 aliphatic heterocycles. The van der Waals surface area contributed by atoms with Gasteiger partial charge in [-0.3, -0.25) is 0 Å². The Morgan fingerprint density at radius 2 is 1.90 bits per heavy atom. The Morgan fingerprint density at radius 1 is 1.19 bits per heavy atom. The Hall–Kier alpha value is -2.14. The Balaban J connectivity index is 1.91. The number of methoxy groups -OCH3 is 1. The maximum atomic E-state index is 5.98. The van der Waals surface area contributed by atoms with E-state index in [1.807, 2.05) is 30.5 Å². The van der Waals surface area contributed by atoms with Crippen LogP contribution in [0.25, 0.3) is 11.3 Å². The van der Waals surface area contributed by atoms with Gasteiger partial charge in [-0.05, 0) is 37.1 Å². The van der Waals surface area contributed by atoms with Crippen molar-refractivity contribution in [2.75, 3.05) is 25.1 Å². The van der Waals surface area contributed by atoms with E-state index in [2.05, 4.69) is 14.9 Å². The van der Waals surface area contributed by atoms with Crippen LogP contribution in [0.5, 0.6) is 5.75 Å². The van der Waals surface area contributed by atoms with Gasteiger partial charge in [-0.2, -0.15) is 0 Å². The number of hydrogen-bond donors (Lipinski definition) is 1. The van der Waals surface area contributed by atoms with Gasteiger partial charge in [0.2, 0.25) is 0 Å². The summed E-state index contributed by atoms with van der Waals surface area (Å²) < 4.78 is 5.21. The molecule has 21 heavy (non-hydrogen) atoms. The number of hydrogen-bond acceptors (Lipinski definition) is 5. The summed E-state index contributed by atoms with van der Waals surface area (Å²) in [6.07, 6.45) is 5.51. The largest absolute Gasteiger partial charge is 0.497 e. The highest BCUT2D eigenvalue weighted by Gasteiger charge is 2.20. The van der Waals surface area contributed by atoms with Gasteiger partial charge >= 0.3 is 0 Å². The van der Waals surface area contributed by atoms with Crippen molar-refractivity contribution < 1.29 is 4.74 Å². The summed E-state index contributed by atoms with van der Waals surface area (Å²) in [5, 5.41) is 0. The molecule has 5 nitrogen and oxygen atoms in total. The standard InChI is InChI=1S/C16H20N4O/c1-21-14-4-2-12(3-5-14)16-15(10-18-11-19-16)20-8-6-13(17)7-9-20/h2-5,10-11,13H,6-9,17H2,1H3. The van der Waals surface area contributed by atoms with Gasteiger partial charge in [-0.25, -0.2) is 9.97 Å². The summed E-state index contributed by atoms with van der Waals surface area (Å²) in [5.41, 5.74) is 9.10. The van der Waals surface area contributed by atoms with Crippen LogP contribution in [0.3, 0.4) is 0 Å². The van der Waals surface area contributed by atoms with Crippen LogP contribution in [0.2, 0.25) is 0 Å². The average Bonchev–Trinajstić information content (AvgIpc) is 2.56. The molecule has 2 N–H and O–H groups in total. The predicted molar refractivity (Wildman–Crippen MR) is 83.4 cm³/mol. The van der Waals surface area contributed by atoms with Crippen molar-refractivity contribution in [3.8, 4) is 17.0 Å². The molecule has 1 fully saturated rings. The van der Waals surface area contributed by atoms with E-state index in [-0.39, 0.29) is 0 Å². The van der Waals surface area contributed by atoms with Crippen LogP contribution < -0.4 is 15.4 Å². The van der Waals surface area contributed by atoms with E-state index in [1.165, 1.54) is 0 Å². The van der Waals surface area contributed by atoms with Crippen LogP contribution in [0.1, 0.15) is 12.8 Å². The topological polar surface area (TPSA) is 64.3 Å². The molecule has 1 aliphatic rings. The van der Waals surface area contributed by atoms with E-state index in [0.717, 1.165) is 48.6 Å². The average molecular weight is 284 g/mol. The summed E-state index contributed by atoms with van der Waals surface area (Å²) in [4.78, 5) is 11.0. The first kappa shape index (κ1) is 13.8. The number of nitrogens with zero attached hydrogens (tertiary/aromatic N) is 3. The number of anilines is 1. The number of ether oxygens (including phenoxy) is 1. The maximum absolute atomic E-state index is 5.98. The van der Waals surface area contributed by atoms with Crippen LogP contribution in [-0.2, 0) is 0 Å². The third kappa shape index (κ3) is 2.97. The molecule has 2 heterocycles. The summed E-state index contributed by atoms with van der Waals surface area (Å²) in [6, 6.07) is 8.27. The lowest BCUT2D eigenvalue weighted by atomic mass is 10.0. The fourth-order valence-electron chi connectivity index (χ4n) is 2.67. The molecule has 0 bridgehead atoms. The van der Waals surface area contributed by atoms with Gasteiger partial charge in [0.25, 0.3) is 0 Å². The van der Waals surface area contributed by atoms with Crippen molar-refractivity contribution in [1.82, 2.24) is 9.97 Å². The van der Waals surface area contributed by atoms with Crippen molar-refractivity contribution in [3.05, 3.63) is 36.8 Å². The zero-order valence-electron chi connectivity index (χ0n) is 12.2. The molecule has 0 amide bonds. The van der Waals surface area contributed by atoms with Crippen molar-refractivity contribution in [1.29, 1.82) is 0 Å². The van der Waals surface area contributed by atoms with Crippen LogP contribution in [0, 0.1) is 0 Å². The predicted octanol–water partition coefficient (Wildman–Crippen LogP) is 2.08. The Morgan fingerprint density at radius 3 is 2.57 bits per heavy atom. The molecule has 0 unspecified atom stereocenters. The van der Waals surface area contributed by atoms with Crippen molar-refractivity contribution in [2.45, 2.75) is 18.9 Å². The summed E-state index contributed by atoms with van der Waals surface area (Å²) >= 11 is 0. The van der Waals surface area contributed by atoms with E-state index in [0.29, 0.717) is 6.04 Å². The molecule has 0 atom stereocenters. The molecule has 1 saturated heterocycles. The second-order valence-electron chi connectivity index (χ2n) is 5.31. The van der Waals surface area contributed by atoms with E-state index in [1.54, 1.807) is 13.4 Å². The zero-order chi connectivity index (χ0) is 14.7. The highest BCUT2D eigenvalue weighted by Crippen LogP contribution is 2.30. The minimum absolute atomic E-state index is 0.315. The second kappa shape index (κ2) is 6.10. The molecule has 1 aromatic heterocycles. The third-order valence-electron chi connectivity index (χ3n) is 3.94. The van der Waals surface area contributed by atoms with E-state index in [9.17, 15) is 0 Å². The molecule has 110 valence electrons. The number of benzene rings is 1. The fourth-order valence-corrected chi connectivity index (χ4v) is 2.67. The Labute approximate surface area is 124 Å². The van der Waals surface area contributed by atoms with Crippen molar-refractivity contribution in [2.24, 2.45) is 5.73 Å². The number of nitrogens with two attached hydrogens (primary N) is 1. The second-order valence-corrected chi connectivity index (χ2v) is 5.31. The molecule has 0 radical (unpaired) electrons. The minimum atomic E-state index is 0.315. The summed E-state index contributed by atoms with van der Waals surface area (Å²) in [7, 11) is 1.67. The highest BCUT2D eigenvalue weighted by molar-refractivity contribution is 5.74. The maximum Gasteiger partial charge on any atom is 0.118 e. The normalized spacial score (nSPS) is 16.0. The van der Waals surface area contributed by atoms with Crippen LogP contribution in [0.15, 0.2) is 36.8 Å². The van der Waals surface area contributed by atoms with Gasteiger partial charge in [-0.15, -0.1) is 0 Å². The molecule has 1 aromatic carbocycles. The highest BCUT2D eigenvalue weighted by atomic mass is 16.5. The Kier molecular flexibility index (Phi) is 4.01. The number of rotatable bonds is 3. The van der Waals surface area contributed by atoms with Gasteiger partial charge in [0.15, 0.2) is 0 Å². The molecule has 0 aliphatic carbocycles. The molecular weight excluding hydrogens is 264 g/mol. The SMILES string of the molecule is COc1ccc(-c2ncncc2N2CCC(N)CC2)cc1. The number of piperidine rings is 1. The number of aromatic nitrogens is 2. The molecular formula is C16H20N4O. The monoisotopic (exact) mass is 284 g/mol. The molecule has 3 rings (SSSR count). The lowest BCUT2D eigenvalue weighted by Crippen LogP contribution is -2.40. The van der Waals surface area contributed by atoms with Gasteiger partial charge in [0, 0.05) is 24.7 Å². The fraction of sp³-hybridized carbons (Fsp3) is 0.375. The van der Waals surface area contributed by atoms with E-state index < -0.39 is 0 Å². The minimum Gasteiger partial charge on any atom is -0.497 e. The van der Waals surface area contributed by atoms with E-state index in [4.69, 9.17) is 10.5 Å². The van der Waals surface area contributed by atoms with Crippen molar-refractivity contribution >= 4 is 5.69 Å².